The Balaban J connectivity index is 2.90. The van der Waals surface area contributed by atoms with Gasteiger partial charge in [-0.3, -0.25) is 4.98 Å². The van der Waals surface area contributed by atoms with Crippen LogP contribution >= 0.6 is 0 Å². The number of aromatic carboxylic acids is 1. The third-order valence-corrected chi connectivity index (χ3v) is 1.94. The summed E-state index contributed by atoms with van der Waals surface area (Å²) in [4.78, 5) is 14.6. The van der Waals surface area contributed by atoms with E-state index < -0.39 is 11.8 Å². The second-order valence-electron chi connectivity index (χ2n) is 2.80. The topological polar surface area (TPSA) is 50.2 Å². The van der Waals surface area contributed by atoms with E-state index in [1.165, 1.54) is 12.3 Å². The second kappa shape index (κ2) is 3.06. The summed E-state index contributed by atoms with van der Waals surface area (Å²) in [5, 5.41) is 9.40. The lowest BCUT2D eigenvalue weighted by Gasteiger charge is -2.01. The molecular weight excluding hydrogens is 185 g/mol. The van der Waals surface area contributed by atoms with Gasteiger partial charge in [0.05, 0.1) is 5.52 Å². The molecule has 14 heavy (non-hydrogen) atoms. The molecule has 3 nitrogen and oxygen atoms in total. The summed E-state index contributed by atoms with van der Waals surface area (Å²) in [6.45, 7) is 0. The molecule has 0 unspecified atom stereocenters. The van der Waals surface area contributed by atoms with E-state index in [0.717, 1.165) is 6.07 Å². The molecule has 0 atom stereocenters. The van der Waals surface area contributed by atoms with Crippen LogP contribution in [0.25, 0.3) is 10.9 Å². The molecule has 70 valence electrons. The number of carboxylic acids is 1. The van der Waals surface area contributed by atoms with Gasteiger partial charge in [-0.15, -0.1) is 0 Å². The maximum Gasteiger partial charge on any atom is 0.340 e. The van der Waals surface area contributed by atoms with E-state index >= 15 is 0 Å². The predicted molar refractivity (Wildman–Crippen MR) is 48.7 cm³/mol. The first-order valence-electron chi connectivity index (χ1n) is 3.96. The van der Waals surface area contributed by atoms with Gasteiger partial charge in [0.2, 0.25) is 0 Å². The van der Waals surface area contributed by atoms with E-state index in [1.807, 2.05) is 0 Å². The number of nitrogens with zero attached hydrogens (tertiary/aromatic N) is 1. The molecule has 4 heteroatoms. The standard InChI is InChI=1S/C10H6FNO2/c11-7-4-3-6-2-1-5-12-9(6)8(7)10(13)14/h1-5H,(H,13,14). The van der Waals surface area contributed by atoms with Crippen LogP contribution in [0.15, 0.2) is 30.5 Å². The van der Waals surface area contributed by atoms with Gasteiger partial charge in [-0.2, -0.15) is 0 Å². The van der Waals surface area contributed by atoms with Gasteiger partial charge >= 0.3 is 5.97 Å². The number of carboxylic acid groups (broad SMARTS) is 1. The summed E-state index contributed by atoms with van der Waals surface area (Å²) in [5.41, 5.74) is -0.192. The molecule has 2 rings (SSSR count). The van der Waals surface area contributed by atoms with Crippen LogP contribution in [0.3, 0.4) is 0 Å². The van der Waals surface area contributed by atoms with Crippen molar-refractivity contribution in [2.75, 3.05) is 0 Å². The molecule has 0 aliphatic rings. The summed E-state index contributed by atoms with van der Waals surface area (Å²) in [6, 6.07) is 6.00. The average Bonchev–Trinajstić information content (AvgIpc) is 2.17. The van der Waals surface area contributed by atoms with Crippen molar-refractivity contribution in [1.82, 2.24) is 4.98 Å². The van der Waals surface area contributed by atoms with Crippen molar-refractivity contribution < 1.29 is 14.3 Å². The van der Waals surface area contributed by atoms with E-state index in [2.05, 4.69) is 4.98 Å². The first-order chi connectivity index (χ1) is 6.70. The molecule has 0 radical (unpaired) electrons. The Hall–Kier alpha value is -1.97. The smallest absolute Gasteiger partial charge is 0.340 e. The molecular formula is C10H6FNO2. The molecule has 0 aliphatic carbocycles. The molecule has 1 aromatic carbocycles. The lowest BCUT2D eigenvalue weighted by atomic mass is 10.1. The Bertz CT molecular complexity index is 510. The SMILES string of the molecule is O=C(O)c1c(F)ccc2cccnc12. The Morgan fingerprint density at radius 1 is 1.36 bits per heavy atom. The van der Waals surface area contributed by atoms with Crippen LogP contribution in [0.1, 0.15) is 10.4 Å². The van der Waals surface area contributed by atoms with Crippen LogP contribution in [0, 0.1) is 5.82 Å². The quantitative estimate of drug-likeness (QED) is 0.750. The molecule has 0 amide bonds. The molecule has 0 saturated carbocycles. The number of hydrogen-bond acceptors (Lipinski definition) is 2. The number of hydrogen-bond donors (Lipinski definition) is 1. The van der Waals surface area contributed by atoms with Crippen LogP contribution < -0.4 is 0 Å². The van der Waals surface area contributed by atoms with Crippen molar-refractivity contribution in [3.63, 3.8) is 0 Å². The van der Waals surface area contributed by atoms with Crippen molar-refractivity contribution in [3.8, 4) is 0 Å². The lowest BCUT2D eigenvalue weighted by Crippen LogP contribution is -2.02. The molecule has 1 heterocycles. The fourth-order valence-corrected chi connectivity index (χ4v) is 1.32. The number of pyridine rings is 1. The molecule has 1 N–H and O–H groups in total. The number of benzene rings is 1. The largest absolute Gasteiger partial charge is 0.478 e. The Kier molecular flexibility index (Phi) is 1.89. The third-order valence-electron chi connectivity index (χ3n) is 1.94. The highest BCUT2D eigenvalue weighted by atomic mass is 19.1. The molecule has 2 aromatic rings. The number of halogens is 1. The first kappa shape index (κ1) is 8.62. The van der Waals surface area contributed by atoms with E-state index in [4.69, 9.17) is 5.11 Å². The zero-order valence-corrected chi connectivity index (χ0v) is 7.07. The van der Waals surface area contributed by atoms with Crippen molar-refractivity contribution in [3.05, 3.63) is 41.8 Å². The first-order valence-corrected chi connectivity index (χ1v) is 3.96. The summed E-state index contributed by atoms with van der Waals surface area (Å²) >= 11 is 0. The zero-order valence-electron chi connectivity index (χ0n) is 7.07. The van der Waals surface area contributed by atoms with Crippen LogP contribution in [0.2, 0.25) is 0 Å². The van der Waals surface area contributed by atoms with Gasteiger partial charge in [0.25, 0.3) is 0 Å². The van der Waals surface area contributed by atoms with Gasteiger partial charge in [-0.25, -0.2) is 9.18 Å². The van der Waals surface area contributed by atoms with Gasteiger partial charge < -0.3 is 5.11 Å². The van der Waals surface area contributed by atoms with E-state index in [1.54, 1.807) is 12.1 Å². The monoisotopic (exact) mass is 191 g/mol. The van der Waals surface area contributed by atoms with Crippen LogP contribution in [-0.4, -0.2) is 16.1 Å². The Morgan fingerprint density at radius 3 is 2.86 bits per heavy atom. The number of aromatic nitrogens is 1. The minimum absolute atomic E-state index is 0.181. The Labute approximate surface area is 78.8 Å². The van der Waals surface area contributed by atoms with E-state index in [9.17, 15) is 9.18 Å². The number of fused-ring (bicyclic) bond motifs is 1. The highest BCUT2D eigenvalue weighted by Gasteiger charge is 2.14. The fourth-order valence-electron chi connectivity index (χ4n) is 1.32. The summed E-state index contributed by atoms with van der Waals surface area (Å²) in [5.74, 6) is -2.06. The molecule has 1 aromatic heterocycles. The maximum atomic E-state index is 13.1. The lowest BCUT2D eigenvalue weighted by molar-refractivity contribution is 0.0694. The van der Waals surface area contributed by atoms with Crippen molar-refractivity contribution in [2.24, 2.45) is 0 Å². The summed E-state index contributed by atoms with van der Waals surface area (Å²) < 4.78 is 13.1. The number of rotatable bonds is 1. The molecule has 0 fully saturated rings. The van der Waals surface area contributed by atoms with Crippen LogP contribution in [0.5, 0.6) is 0 Å². The highest BCUT2D eigenvalue weighted by molar-refractivity contribution is 6.01. The molecule has 0 saturated heterocycles. The van der Waals surface area contributed by atoms with E-state index in [0.29, 0.717) is 5.39 Å². The maximum absolute atomic E-state index is 13.1. The van der Waals surface area contributed by atoms with Crippen molar-refractivity contribution >= 4 is 16.9 Å². The minimum atomic E-state index is -1.30. The summed E-state index contributed by atoms with van der Waals surface area (Å²) in [7, 11) is 0. The van der Waals surface area contributed by atoms with Crippen molar-refractivity contribution in [2.45, 2.75) is 0 Å². The summed E-state index contributed by atoms with van der Waals surface area (Å²) in [6.07, 6.45) is 1.44. The van der Waals surface area contributed by atoms with E-state index in [-0.39, 0.29) is 11.1 Å². The zero-order chi connectivity index (χ0) is 10.1. The number of carbonyl (C=O) groups is 1. The van der Waals surface area contributed by atoms with Gasteiger partial charge in [0, 0.05) is 11.6 Å². The average molecular weight is 191 g/mol. The third kappa shape index (κ3) is 1.21. The fraction of sp³-hybridized carbons (Fsp3) is 0. The minimum Gasteiger partial charge on any atom is -0.478 e. The van der Waals surface area contributed by atoms with Gasteiger partial charge in [-0.05, 0) is 18.2 Å². The van der Waals surface area contributed by atoms with Crippen LogP contribution in [-0.2, 0) is 0 Å². The molecule has 0 aliphatic heterocycles. The molecule has 0 bridgehead atoms. The molecule has 0 spiro atoms. The highest BCUT2D eigenvalue weighted by Crippen LogP contribution is 2.19. The van der Waals surface area contributed by atoms with Gasteiger partial charge in [-0.1, -0.05) is 6.07 Å². The van der Waals surface area contributed by atoms with Crippen LogP contribution in [0.4, 0.5) is 4.39 Å². The van der Waals surface area contributed by atoms with Crippen molar-refractivity contribution in [1.29, 1.82) is 0 Å². The van der Waals surface area contributed by atoms with Gasteiger partial charge in [0.1, 0.15) is 11.4 Å². The predicted octanol–water partition coefficient (Wildman–Crippen LogP) is 2.07. The van der Waals surface area contributed by atoms with Gasteiger partial charge in [0.15, 0.2) is 0 Å². The Morgan fingerprint density at radius 2 is 2.14 bits per heavy atom. The second-order valence-corrected chi connectivity index (χ2v) is 2.80. The normalized spacial score (nSPS) is 10.4.